The van der Waals surface area contributed by atoms with Crippen molar-refractivity contribution in [2.75, 3.05) is 25.1 Å². The van der Waals surface area contributed by atoms with Crippen LogP contribution in [0.5, 0.6) is 5.75 Å². The molecule has 4 nitrogen and oxygen atoms in total. The first-order valence-corrected chi connectivity index (χ1v) is 10.2. The van der Waals surface area contributed by atoms with Crippen molar-refractivity contribution in [2.45, 2.75) is 51.9 Å². The molecule has 1 aliphatic rings. The summed E-state index contributed by atoms with van der Waals surface area (Å²) < 4.78 is 11.4. The van der Waals surface area contributed by atoms with Gasteiger partial charge in [0.25, 0.3) is 0 Å². The van der Waals surface area contributed by atoms with E-state index >= 15 is 0 Å². The monoisotopic (exact) mass is 381 g/mol. The Hall–Kier alpha value is -2.33. The highest BCUT2D eigenvalue weighted by molar-refractivity contribution is 5.99. The quantitative estimate of drug-likeness (QED) is 0.673. The van der Waals surface area contributed by atoms with Gasteiger partial charge in [0.05, 0.1) is 12.0 Å². The summed E-state index contributed by atoms with van der Waals surface area (Å²) in [5, 5.41) is 3.16. The molecule has 1 aliphatic heterocycles. The van der Waals surface area contributed by atoms with Crippen molar-refractivity contribution in [3.63, 3.8) is 0 Å². The Balaban J connectivity index is 1.80. The van der Waals surface area contributed by atoms with Gasteiger partial charge in [0, 0.05) is 18.9 Å². The lowest BCUT2D eigenvalue weighted by Crippen LogP contribution is -2.44. The maximum atomic E-state index is 13.4. The summed E-state index contributed by atoms with van der Waals surface area (Å²) in [6.07, 6.45) is 3.54. The van der Waals surface area contributed by atoms with Gasteiger partial charge in [-0.05, 0) is 62.4 Å². The predicted molar refractivity (Wildman–Crippen MR) is 113 cm³/mol. The summed E-state index contributed by atoms with van der Waals surface area (Å²) in [4.78, 5) is 13.4. The van der Waals surface area contributed by atoms with Gasteiger partial charge in [0.1, 0.15) is 5.75 Å². The Labute approximate surface area is 168 Å². The van der Waals surface area contributed by atoms with Crippen LogP contribution in [0.15, 0.2) is 42.5 Å². The van der Waals surface area contributed by atoms with Gasteiger partial charge in [-0.1, -0.05) is 43.2 Å². The van der Waals surface area contributed by atoms with Crippen molar-refractivity contribution in [1.82, 2.24) is 0 Å². The molecule has 150 valence electrons. The number of benzene rings is 2. The zero-order chi connectivity index (χ0) is 20.0. The Kier molecular flexibility index (Phi) is 6.74. The summed E-state index contributed by atoms with van der Waals surface area (Å²) in [5.41, 5.74) is 3.54. The van der Waals surface area contributed by atoms with E-state index in [0.717, 1.165) is 42.0 Å². The molecular weight excluding hydrogens is 350 g/mol. The number of hydrogen-bond donors (Lipinski definition) is 1. The van der Waals surface area contributed by atoms with Gasteiger partial charge in [-0.2, -0.15) is 0 Å². The third kappa shape index (κ3) is 4.56. The van der Waals surface area contributed by atoms with E-state index in [1.165, 1.54) is 5.56 Å². The average Bonchev–Trinajstić information content (AvgIpc) is 2.70. The molecule has 3 rings (SSSR count). The van der Waals surface area contributed by atoms with Gasteiger partial charge in [-0.25, -0.2) is 0 Å². The highest BCUT2D eigenvalue weighted by atomic mass is 16.5. The van der Waals surface area contributed by atoms with E-state index in [9.17, 15) is 4.79 Å². The number of carbonyl (C=O) groups is 1. The minimum absolute atomic E-state index is 0.0421. The van der Waals surface area contributed by atoms with Crippen LogP contribution in [-0.4, -0.2) is 25.7 Å². The van der Waals surface area contributed by atoms with Crippen molar-refractivity contribution >= 4 is 11.6 Å². The zero-order valence-corrected chi connectivity index (χ0v) is 17.2. The number of rotatable bonds is 7. The number of ether oxygens (including phenoxy) is 2. The lowest BCUT2D eigenvalue weighted by atomic mass is 9.73. The van der Waals surface area contributed by atoms with E-state index in [1.807, 2.05) is 31.2 Å². The number of anilines is 1. The van der Waals surface area contributed by atoms with Gasteiger partial charge >= 0.3 is 0 Å². The van der Waals surface area contributed by atoms with Crippen LogP contribution in [0.4, 0.5) is 5.69 Å². The second kappa shape index (κ2) is 9.24. The second-order valence-corrected chi connectivity index (χ2v) is 7.70. The van der Waals surface area contributed by atoms with Crippen LogP contribution in [0.3, 0.4) is 0 Å². The zero-order valence-electron chi connectivity index (χ0n) is 17.2. The van der Waals surface area contributed by atoms with E-state index in [2.05, 4.69) is 37.4 Å². The summed E-state index contributed by atoms with van der Waals surface area (Å²) in [6, 6.07) is 14.1. The number of aryl methyl sites for hydroxylation is 2. The predicted octanol–water partition coefficient (Wildman–Crippen LogP) is 5.17. The standard InChI is InChI=1S/C24H31NO3/c1-4-5-13-28-22-10-9-21(17-19(22)3)25-23(26)24(11-14-27-15-12-24)20-8-6-7-18(2)16-20/h6-10,16-17H,4-5,11-15H2,1-3H3,(H,25,26). The molecular formula is C24H31NO3. The van der Waals surface area contributed by atoms with Crippen LogP contribution in [0, 0.1) is 13.8 Å². The molecule has 0 bridgehead atoms. The van der Waals surface area contributed by atoms with Crippen LogP contribution in [-0.2, 0) is 14.9 Å². The van der Waals surface area contributed by atoms with E-state index < -0.39 is 5.41 Å². The first-order chi connectivity index (χ1) is 13.5. The van der Waals surface area contributed by atoms with Crippen molar-refractivity contribution in [3.8, 4) is 5.75 Å². The molecule has 2 aromatic rings. The molecule has 0 atom stereocenters. The molecule has 0 saturated carbocycles. The number of carbonyl (C=O) groups excluding carboxylic acids is 1. The molecule has 1 heterocycles. The first-order valence-electron chi connectivity index (χ1n) is 10.2. The Bertz CT molecular complexity index is 809. The molecule has 4 heteroatoms. The van der Waals surface area contributed by atoms with Gasteiger partial charge in [0.2, 0.25) is 5.91 Å². The molecule has 0 aromatic heterocycles. The fourth-order valence-corrected chi connectivity index (χ4v) is 3.78. The normalized spacial score (nSPS) is 15.8. The fraction of sp³-hybridized carbons (Fsp3) is 0.458. The topological polar surface area (TPSA) is 47.6 Å². The first kappa shape index (κ1) is 20.4. The number of hydrogen-bond acceptors (Lipinski definition) is 3. The van der Waals surface area contributed by atoms with Crippen LogP contribution in [0.2, 0.25) is 0 Å². The van der Waals surface area contributed by atoms with Gasteiger partial charge in [0.15, 0.2) is 0 Å². The molecule has 28 heavy (non-hydrogen) atoms. The van der Waals surface area contributed by atoms with Gasteiger partial charge in [-0.15, -0.1) is 0 Å². The van der Waals surface area contributed by atoms with Crippen LogP contribution in [0.1, 0.15) is 49.3 Å². The van der Waals surface area contributed by atoms with E-state index in [-0.39, 0.29) is 5.91 Å². The van der Waals surface area contributed by atoms with Crippen molar-refractivity contribution in [1.29, 1.82) is 0 Å². The minimum Gasteiger partial charge on any atom is -0.493 e. The van der Waals surface area contributed by atoms with Crippen LogP contribution in [0.25, 0.3) is 0 Å². The van der Waals surface area contributed by atoms with Crippen molar-refractivity contribution in [3.05, 3.63) is 59.2 Å². The molecule has 0 spiro atoms. The molecule has 2 aromatic carbocycles. The van der Waals surface area contributed by atoms with E-state index in [0.29, 0.717) is 26.1 Å². The average molecular weight is 382 g/mol. The number of amides is 1. The van der Waals surface area contributed by atoms with Crippen LogP contribution < -0.4 is 10.1 Å². The maximum absolute atomic E-state index is 13.4. The lowest BCUT2D eigenvalue weighted by molar-refractivity contribution is -0.125. The maximum Gasteiger partial charge on any atom is 0.235 e. The van der Waals surface area contributed by atoms with E-state index in [1.54, 1.807) is 0 Å². The highest BCUT2D eigenvalue weighted by Crippen LogP contribution is 2.37. The minimum atomic E-state index is -0.547. The fourth-order valence-electron chi connectivity index (χ4n) is 3.78. The summed E-state index contributed by atoms with van der Waals surface area (Å²) in [7, 11) is 0. The Morgan fingerprint density at radius 3 is 2.61 bits per heavy atom. The summed E-state index contributed by atoms with van der Waals surface area (Å²) in [5.74, 6) is 0.923. The van der Waals surface area contributed by atoms with Crippen molar-refractivity contribution < 1.29 is 14.3 Å². The van der Waals surface area contributed by atoms with Gasteiger partial charge in [-0.3, -0.25) is 4.79 Å². The smallest absolute Gasteiger partial charge is 0.235 e. The number of nitrogens with one attached hydrogen (secondary N) is 1. The molecule has 1 fully saturated rings. The number of unbranched alkanes of at least 4 members (excludes halogenated alkanes) is 1. The molecule has 0 radical (unpaired) electrons. The van der Waals surface area contributed by atoms with Crippen LogP contribution >= 0.6 is 0 Å². The third-order valence-corrected chi connectivity index (χ3v) is 5.54. The summed E-state index contributed by atoms with van der Waals surface area (Å²) in [6.45, 7) is 8.15. The third-order valence-electron chi connectivity index (χ3n) is 5.54. The SMILES string of the molecule is CCCCOc1ccc(NC(=O)C2(c3cccc(C)c3)CCOCC2)cc1C. The molecule has 1 saturated heterocycles. The Morgan fingerprint density at radius 1 is 1.14 bits per heavy atom. The molecule has 1 amide bonds. The van der Waals surface area contributed by atoms with E-state index in [4.69, 9.17) is 9.47 Å². The summed E-state index contributed by atoms with van der Waals surface area (Å²) >= 11 is 0. The van der Waals surface area contributed by atoms with Crippen molar-refractivity contribution in [2.24, 2.45) is 0 Å². The highest BCUT2D eigenvalue weighted by Gasteiger charge is 2.41. The second-order valence-electron chi connectivity index (χ2n) is 7.70. The Morgan fingerprint density at radius 2 is 1.93 bits per heavy atom. The lowest BCUT2D eigenvalue weighted by Gasteiger charge is -2.36. The molecule has 0 unspecified atom stereocenters. The largest absolute Gasteiger partial charge is 0.493 e. The molecule has 0 aliphatic carbocycles. The van der Waals surface area contributed by atoms with Gasteiger partial charge < -0.3 is 14.8 Å². The molecule has 1 N–H and O–H groups in total.